The number of esters is 2. The lowest BCUT2D eigenvalue weighted by Gasteiger charge is -2.39. The van der Waals surface area contributed by atoms with Crippen molar-refractivity contribution >= 4 is 33.7 Å². The van der Waals surface area contributed by atoms with Gasteiger partial charge < -0.3 is 19.5 Å². The van der Waals surface area contributed by atoms with E-state index in [9.17, 15) is 14.4 Å². The minimum atomic E-state index is -1.09. The van der Waals surface area contributed by atoms with Crippen LogP contribution in [0.2, 0.25) is 0 Å². The van der Waals surface area contributed by atoms with Crippen molar-refractivity contribution in [2.45, 2.75) is 39.0 Å². The molecular formula is C29H30BrNO6. The fourth-order valence-electron chi connectivity index (χ4n) is 5.27. The van der Waals surface area contributed by atoms with Crippen molar-refractivity contribution < 1.29 is 28.6 Å². The molecule has 0 saturated heterocycles. The Hall–Kier alpha value is -3.39. The zero-order chi connectivity index (χ0) is 26.7. The van der Waals surface area contributed by atoms with Gasteiger partial charge in [-0.05, 0) is 56.5 Å². The fraction of sp³-hybridized carbons (Fsp3) is 0.345. The molecule has 0 radical (unpaired) electrons. The molecule has 1 heterocycles. The van der Waals surface area contributed by atoms with Gasteiger partial charge in [-0.2, -0.15) is 0 Å². The second-order valence-corrected chi connectivity index (χ2v) is 9.82. The number of benzene rings is 2. The number of ketones is 1. The molecule has 1 aliphatic carbocycles. The lowest BCUT2D eigenvalue weighted by molar-refractivity contribution is -0.152. The van der Waals surface area contributed by atoms with Crippen LogP contribution in [0.1, 0.15) is 50.2 Å². The third kappa shape index (κ3) is 5.07. The summed E-state index contributed by atoms with van der Waals surface area (Å²) in [4.78, 5) is 40.8. The molecule has 2 aliphatic rings. The SMILES string of the molecule is CCOC(=O)C1=C(C)NC2=C(C(=O)[C@H](C(=O)OCC)[C@@H](c3ccccc3OC)C2)[C@H]1c1ccc(Br)cc1. The maximum absolute atomic E-state index is 14.3. The minimum absolute atomic E-state index is 0.147. The van der Waals surface area contributed by atoms with E-state index in [0.29, 0.717) is 34.7 Å². The molecule has 0 amide bonds. The van der Waals surface area contributed by atoms with Gasteiger partial charge >= 0.3 is 11.9 Å². The van der Waals surface area contributed by atoms with Gasteiger partial charge in [0.15, 0.2) is 5.78 Å². The number of allylic oxidation sites excluding steroid dienone is 3. The van der Waals surface area contributed by atoms with E-state index in [0.717, 1.165) is 15.6 Å². The summed E-state index contributed by atoms with van der Waals surface area (Å²) in [5, 5.41) is 3.31. The average Bonchev–Trinajstić information content (AvgIpc) is 2.88. The first kappa shape index (κ1) is 26.7. The third-order valence-corrected chi connectivity index (χ3v) is 7.33. The summed E-state index contributed by atoms with van der Waals surface area (Å²) in [6.07, 6.45) is 0.366. The Morgan fingerprint density at radius 3 is 2.35 bits per heavy atom. The maximum Gasteiger partial charge on any atom is 0.336 e. The predicted octanol–water partition coefficient (Wildman–Crippen LogP) is 5.17. The molecule has 7 nitrogen and oxygen atoms in total. The van der Waals surface area contributed by atoms with Crippen LogP contribution in [0.3, 0.4) is 0 Å². The maximum atomic E-state index is 14.3. The standard InChI is InChI=1S/C29H30BrNO6/c1-5-36-28(33)23-16(3)31-21-15-20(19-9-7-8-10-22(19)35-4)25(29(34)37-6-2)27(32)26(21)24(23)17-11-13-18(30)14-12-17/h7-14,20,24-25,31H,5-6,15H2,1-4H3/t20-,24+,25-/m1/s1. The number of ether oxygens (including phenoxy) is 3. The molecule has 0 spiro atoms. The van der Waals surface area contributed by atoms with Crippen LogP contribution in [0, 0.1) is 5.92 Å². The summed E-state index contributed by atoms with van der Waals surface area (Å²) in [7, 11) is 1.56. The lowest BCUT2D eigenvalue weighted by Crippen LogP contribution is -2.43. The zero-order valence-electron chi connectivity index (χ0n) is 21.3. The number of methoxy groups -OCH3 is 1. The Morgan fingerprint density at radius 1 is 1.03 bits per heavy atom. The molecule has 0 fully saturated rings. The second kappa shape index (κ2) is 11.3. The van der Waals surface area contributed by atoms with Gasteiger partial charge in [0.05, 0.1) is 25.9 Å². The number of para-hydroxylation sites is 1. The second-order valence-electron chi connectivity index (χ2n) is 8.91. The molecule has 2 aromatic carbocycles. The number of carbonyl (C=O) groups excluding carboxylic acids is 3. The van der Waals surface area contributed by atoms with Gasteiger partial charge in [-0.1, -0.05) is 46.3 Å². The lowest BCUT2D eigenvalue weighted by atomic mass is 9.67. The summed E-state index contributed by atoms with van der Waals surface area (Å²) in [6, 6.07) is 14.9. The molecule has 0 aromatic heterocycles. The highest BCUT2D eigenvalue weighted by Crippen LogP contribution is 2.49. The number of carbonyl (C=O) groups is 3. The van der Waals surface area contributed by atoms with Crippen LogP contribution in [0.25, 0.3) is 0 Å². The van der Waals surface area contributed by atoms with Crippen LogP contribution in [-0.4, -0.2) is 38.0 Å². The molecule has 1 N–H and O–H groups in total. The number of rotatable bonds is 7. The number of Topliss-reactive ketones (excluding diaryl/α,β-unsaturated/α-hetero) is 1. The van der Waals surface area contributed by atoms with Crippen LogP contribution in [0.15, 0.2) is 75.5 Å². The first-order valence-corrected chi connectivity index (χ1v) is 13.1. The van der Waals surface area contributed by atoms with E-state index < -0.39 is 29.7 Å². The Balaban J connectivity index is 1.91. The molecule has 0 saturated carbocycles. The van der Waals surface area contributed by atoms with Gasteiger partial charge in [-0.3, -0.25) is 9.59 Å². The Morgan fingerprint density at radius 2 is 1.70 bits per heavy atom. The molecule has 194 valence electrons. The van der Waals surface area contributed by atoms with E-state index in [4.69, 9.17) is 14.2 Å². The number of hydrogen-bond acceptors (Lipinski definition) is 7. The highest BCUT2D eigenvalue weighted by atomic mass is 79.9. The highest BCUT2D eigenvalue weighted by Gasteiger charge is 2.49. The van der Waals surface area contributed by atoms with Crippen molar-refractivity contribution in [1.29, 1.82) is 0 Å². The van der Waals surface area contributed by atoms with Crippen LogP contribution in [0.4, 0.5) is 0 Å². The van der Waals surface area contributed by atoms with E-state index in [1.807, 2.05) is 55.5 Å². The summed E-state index contributed by atoms with van der Waals surface area (Å²) >= 11 is 3.46. The molecule has 3 atom stereocenters. The Kier molecular flexibility index (Phi) is 8.17. The Bertz CT molecular complexity index is 1280. The van der Waals surface area contributed by atoms with Crippen LogP contribution in [-0.2, 0) is 23.9 Å². The average molecular weight is 568 g/mol. The van der Waals surface area contributed by atoms with E-state index in [-0.39, 0.29) is 19.0 Å². The number of hydrogen-bond donors (Lipinski definition) is 1. The topological polar surface area (TPSA) is 90.9 Å². The van der Waals surface area contributed by atoms with Gasteiger partial charge in [0.2, 0.25) is 0 Å². The van der Waals surface area contributed by atoms with E-state index in [2.05, 4.69) is 21.2 Å². The van der Waals surface area contributed by atoms with E-state index in [1.165, 1.54) is 0 Å². The van der Waals surface area contributed by atoms with Crippen molar-refractivity contribution in [3.8, 4) is 5.75 Å². The molecule has 8 heteroatoms. The smallest absolute Gasteiger partial charge is 0.336 e. The molecule has 37 heavy (non-hydrogen) atoms. The van der Waals surface area contributed by atoms with E-state index in [1.54, 1.807) is 21.0 Å². The van der Waals surface area contributed by atoms with Gasteiger partial charge in [0.1, 0.15) is 11.7 Å². The fourth-order valence-corrected chi connectivity index (χ4v) is 5.53. The monoisotopic (exact) mass is 567 g/mol. The van der Waals surface area contributed by atoms with Crippen LogP contribution in [0.5, 0.6) is 5.75 Å². The quantitative estimate of drug-likeness (QED) is 0.364. The highest BCUT2D eigenvalue weighted by molar-refractivity contribution is 9.10. The minimum Gasteiger partial charge on any atom is -0.496 e. The third-order valence-electron chi connectivity index (χ3n) is 6.80. The molecule has 0 bridgehead atoms. The van der Waals surface area contributed by atoms with Crippen LogP contribution < -0.4 is 10.1 Å². The van der Waals surface area contributed by atoms with Gasteiger partial charge in [0.25, 0.3) is 0 Å². The molecule has 0 unspecified atom stereocenters. The summed E-state index contributed by atoms with van der Waals surface area (Å²) in [5.41, 5.74) is 3.55. The van der Waals surface area contributed by atoms with Crippen LogP contribution >= 0.6 is 15.9 Å². The summed E-state index contributed by atoms with van der Waals surface area (Å²) in [5.74, 6) is -3.14. The predicted molar refractivity (Wildman–Crippen MR) is 142 cm³/mol. The van der Waals surface area contributed by atoms with Crippen molar-refractivity contribution in [1.82, 2.24) is 5.32 Å². The number of nitrogens with one attached hydrogen (secondary N) is 1. The zero-order valence-corrected chi connectivity index (χ0v) is 22.9. The molecular weight excluding hydrogens is 538 g/mol. The van der Waals surface area contributed by atoms with Crippen molar-refractivity contribution in [3.63, 3.8) is 0 Å². The van der Waals surface area contributed by atoms with Gasteiger partial charge in [-0.15, -0.1) is 0 Å². The molecule has 1 aliphatic heterocycles. The summed E-state index contributed by atoms with van der Waals surface area (Å²) < 4.78 is 17.2. The van der Waals surface area contributed by atoms with Gasteiger partial charge in [0, 0.05) is 33.3 Å². The largest absolute Gasteiger partial charge is 0.496 e. The van der Waals surface area contributed by atoms with Crippen molar-refractivity contribution in [3.05, 3.63) is 86.7 Å². The number of dihydropyridines is 1. The molecule has 4 rings (SSSR count). The van der Waals surface area contributed by atoms with E-state index >= 15 is 0 Å². The first-order valence-electron chi connectivity index (χ1n) is 12.3. The van der Waals surface area contributed by atoms with Crippen molar-refractivity contribution in [2.75, 3.05) is 20.3 Å². The first-order chi connectivity index (χ1) is 17.8. The van der Waals surface area contributed by atoms with Gasteiger partial charge in [-0.25, -0.2) is 4.79 Å². The normalized spacial score (nSPS) is 21.2. The Labute approximate surface area is 225 Å². The molecule has 2 aromatic rings. The number of halogens is 1. The summed E-state index contributed by atoms with van der Waals surface area (Å²) in [6.45, 7) is 5.61. The van der Waals surface area contributed by atoms with Crippen molar-refractivity contribution in [2.24, 2.45) is 5.92 Å².